The van der Waals surface area contributed by atoms with Crippen LogP contribution in [0.3, 0.4) is 0 Å². The third-order valence-corrected chi connectivity index (χ3v) is 12.1. The summed E-state index contributed by atoms with van der Waals surface area (Å²) in [5, 5.41) is 27.7. The van der Waals surface area contributed by atoms with Crippen LogP contribution in [0.5, 0.6) is 63.2 Å². The van der Waals surface area contributed by atoms with Gasteiger partial charge in [-0.15, -0.1) is 0 Å². The minimum atomic E-state index is 0.000437. The molecule has 6 aromatic carbocycles. The Morgan fingerprint density at radius 1 is 0.540 bits per heavy atom. The van der Waals surface area contributed by atoms with Gasteiger partial charge in [-0.2, -0.15) is 0 Å². The van der Waals surface area contributed by atoms with Gasteiger partial charge in [0.15, 0.2) is 34.5 Å². The van der Waals surface area contributed by atoms with E-state index in [2.05, 4.69) is 66.4 Å². The highest BCUT2D eigenvalue weighted by Crippen LogP contribution is 2.52. The van der Waals surface area contributed by atoms with E-state index in [-0.39, 0.29) is 29.3 Å². The zero-order valence-corrected chi connectivity index (χ0v) is 36.6. The fourth-order valence-corrected chi connectivity index (χ4v) is 8.77. The van der Waals surface area contributed by atoms with Crippen LogP contribution in [0.1, 0.15) is 56.6 Å². The maximum Gasteiger partial charge on any atom is 0.204 e. The number of ether oxygens (including phenoxy) is 6. The molecule has 2 unspecified atom stereocenters. The molecule has 4 aliphatic heterocycles. The lowest BCUT2D eigenvalue weighted by Gasteiger charge is -2.37. The first-order valence-corrected chi connectivity index (χ1v) is 21.0. The molecule has 0 aliphatic carbocycles. The number of nitrogens with zero attached hydrogens (tertiary/aromatic N) is 2. The van der Waals surface area contributed by atoms with E-state index in [4.69, 9.17) is 33.5 Å². The molecule has 10 rings (SSSR count). The molecular weight excluding hydrogens is 797 g/mol. The van der Waals surface area contributed by atoms with Crippen molar-refractivity contribution in [2.45, 2.75) is 37.8 Å². The zero-order valence-electron chi connectivity index (χ0n) is 36.6. The highest BCUT2D eigenvalue weighted by molar-refractivity contribution is 5.71. The molecule has 6 bridgehead atoms. The van der Waals surface area contributed by atoms with Crippen molar-refractivity contribution in [2.75, 3.05) is 55.6 Å². The van der Waals surface area contributed by atoms with E-state index >= 15 is 0 Å². The molecule has 11 nitrogen and oxygen atoms in total. The van der Waals surface area contributed by atoms with E-state index in [9.17, 15) is 10.2 Å². The summed E-state index contributed by atoms with van der Waals surface area (Å²) in [6.45, 7) is 1.86. The van der Waals surface area contributed by atoms with E-state index in [1.807, 2.05) is 24.3 Å². The second-order valence-corrected chi connectivity index (χ2v) is 16.2. The van der Waals surface area contributed by atoms with Crippen LogP contribution in [0.2, 0.25) is 0 Å². The zero-order chi connectivity index (χ0) is 44.2. The van der Waals surface area contributed by atoms with Gasteiger partial charge in [0.05, 0.1) is 28.4 Å². The third kappa shape index (κ3) is 9.35. The predicted octanol–water partition coefficient (Wildman–Crippen LogP) is 10.1. The van der Waals surface area contributed by atoms with Crippen LogP contribution < -0.4 is 28.4 Å². The van der Waals surface area contributed by atoms with Crippen LogP contribution in [0, 0.1) is 0 Å². The summed E-state index contributed by atoms with van der Waals surface area (Å²) in [5.41, 5.74) is 8.78. The molecule has 326 valence electrons. The number of methoxy groups -OCH3 is 4. The van der Waals surface area contributed by atoms with Crippen LogP contribution in [0.15, 0.2) is 103 Å². The first kappa shape index (κ1) is 42.9. The number of aromatic hydroxyl groups is 3. The van der Waals surface area contributed by atoms with Gasteiger partial charge in [-0.25, -0.2) is 0 Å². The molecule has 0 radical (unpaired) electrons. The van der Waals surface area contributed by atoms with E-state index in [1.54, 1.807) is 70.9 Å². The van der Waals surface area contributed by atoms with Crippen LogP contribution in [-0.2, 0) is 25.7 Å². The second kappa shape index (κ2) is 18.7. The number of hydrogen-bond donors (Lipinski definition) is 3. The number of phenols is 3. The Labute approximate surface area is 368 Å². The fraction of sp³-hybridized carbons (Fsp3) is 0.269. The second-order valence-electron chi connectivity index (χ2n) is 16.2. The summed E-state index contributed by atoms with van der Waals surface area (Å²) in [5.74, 6) is 5.68. The fourth-order valence-electron chi connectivity index (χ4n) is 8.77. The largest absolute Gasteiger partial charge is 0.508 e. The lowest BCUT2D eigenvalue weighted by molar-refractivity contribution is 0.220. The van der Waals surface area contributed by atoms with Gasteiger partial charge in [0, 0.05) is 36.8 Å². The summed E-state index contributed by atoms with van der Waals surface area (Å²) >= 11 is 0. The molecule has 2 atom stereocenters. The molecule has 3 N–H and O–H groups in total. The summed E-state index contributed by atoms with van der Waals surface area (Å²) in [7, 11) is 11.1. The van der Waals surface area contributed by atoms with Gasteiger partial charge < -0.3 is 43.7 Å². The van der Waals surface area contributed by atoms with Gasteiger partial charge in [0.1, 0.15) is 23.0 Å². The van der Waals surface area contributed by atoms with Crippen molar-refractivity contribution in [1.29, 1.82) is 0 Å². The number of phenolic OH excluding ortho intramolecular Hbond substituents is 3. The molecular formula is C52H54N2O9. The molecule has 0 fully saturated rings. The van der Waals surface area contributed by atoms with Crippen molar-refractivity contribution in [3.63, 3.8) is 0 Å². The Bertz CT molecular complexity index is 2590. The summed E-state index contributed by atoms with van der Waals surface area (Å²) in [6, 6.07) is 32.3. The molecule has 0 saturated heterocycles. The highest BCUT2D eigenvalue weighted by Gasteiger charge is 2.35. The summed E-state index contributed by atoms with van der Waals surface area (Å²) < 4.78 is 37.1. The Balaban J connectivity index is 0.000000268. The SMILES string of the molecule is COc1ccc2cc1Oc1ccc(cc1)CC1c3cc(c(OC)cc3CCN1C)Oc1c(OC)c(OC)cc3c1C(C2)N(C)CC3.Oc1ccc(C=Cc2cc(O)cc(O)c2)cc1. The average molecular weight is 851 g/mol. The molecule has 0 spiro atoms. The monoisotopic (exact) mass is 850 g/mol. The van der Waals surface area contributed by atoms with Crippen molar-refractivity contribution < 1.29 is 43.7 Å². The van der Waals surface area contributed by atoms with E-state index in [1.165, 1.54) is 28.3 Å². The Morgan fingerprint density at radius 3 is 1.83 bits per heavy atom. The molecule has 4 aliphatic rings. The van der Waals surface area contributed by atoms with E-state index in [0.717, 1.165) is 61.2 Å². The minimum Gasteiger partial charge on any atom is -0.508 e. The Morgan fingerprint density at radius 2 is 1.14 bits per heavy atom. The van der Waals surface area contributed by atoms with E-state index in [0.29, 0.717) is 45.8 Å². The highest BCUT2D eigenvalue weighted by atomic mass is 16.5. The minimum absolute atomic E-state index is 0.000437. The van der Waals surface area contributed by atoms with Crippen LogP contribution in [0.4, 0.5) is 0 Å². The standard InChI is InChI=1S/C38H42N2O6.C14H12O3/c1-39-15-13-25-20-32(42-4)34-22-28(25)29(39)17-23-7-10-27(11-8-23)45-33-19-24(9-12-31(33)41-3)18-30-36-26(14-16-40(30)2)21-35(43-5)37(44-6)38(36)46-34;15-12-5-3-10(4-6-12)1-2-11-7-13(16)9-14(17)8-11/h7-12,19-22,29-30H,13-18H2,1-6H3;1-9,15-17H. The van der Waals surface area contributed by atoms with Gasteiger partial charge in [0.25, 0.3) is 0 Å². The van der Waals surface area contributed by atoms with Crippen molar-refractivity contribution in [1.82, 2.24) is 9.80 Å². The molecule has 0 aromatic heterocycles. The smallest absolute Gasteiger partial charge is 0.204 e. The lowest BCUT2D eigenvalue weighted by Crippen LogP contribution is -2.34. The number of rotatable bonds is 6. The third-order valence-electron chi connectivity index (χ3n) is 12.1. The van der Waals surface area contributed by atoms with Crippen LogP contribution >= 0.6 is 0 Å². The van der Waals surface area contributed by atoms with Crippen molar-refractivity contribution in [3.8, 4) is 63.2 Å². The number of benzene rings is 6. The summed E-state index contributed by atoms with van der Waals surface area (Å²) in [4.78, 5) is 4.81. The van der Waals surface area contributed by atoms with Crippen LogP contribution in [-0.4, -0.2) is 80.7 Å². The molecule has 63 heavy (non-hydrogen) atoms. The Hall–Kier alpha value is -6.82. The van der Waals surface area contributed by atoms with Gasteiger partial charge in [-0.1, -0.05) is 42.5 Å². The van der Waals surface area contributed by atoms with Crippen LogP contribution in [0.25, 0.3) is 12.2 Å². The van der Waals surface area contributed by atoms with Crippen molar-refractivity contribution in [2.24, 2.45) is 0 Å². The van der Waals surface area contributed by atoms with Gasteiger partial charge in [-0.3, -0.25) is 9.80 Å². The molecule has 4 heterocycles. The van der Waals surface area contributed by atoms with Gasteiger partial charge >= 0.3 is 0 Å². The molecule has 0 saturated carbocycles. The van der Waals surface area contributed by atoms with E-state index < -0.39 is 0 Å². The van der Waals surface area contributed by atoms with Crippen molar-refractivity contribution in [3.05, 3.63) is 148 Å². The molecule has 11 heteroatoms. The normalized spacial score (nSPS) is 16.9. The maximum absolute atomic E-state index is 9.30. The quantitative estimate of drug-likeness (QED) is 0.139. The topological polar surface area (TPSA) is 123 Å². The van der Waals surface area contributed by atoms with Crippen molar-refractivity contribution >= 4 is 12.2 Å². The average Bonchev–Trinajstić information content (AvgIpc) is 3.28. The first-order valence-electron chi connectivity index (χ1n) is 21.0. The number of fused-ring (bicyclic) bond motifs is 2. The lowest BCUT2D eigenvalue weighted by atomic mass is 9.87. The number of hydrogen-bond acceptors (Lipinski definition) is 11. The molecule has 6 aromatic rings. The van der Waals surface area contributed by atoms with Gasteiger partial charge in [-0.05, 0) is 145 Å². The first-order chi connectivity index (χ1) is 30.5. The molecule has 0 amide bonds. The Kier molecular flexibility index (Phi) is 12.7. The number of likely N-dealkylation sites (N-methyl/N-ethyl adjacent to an activating group) is 2. The maximum atomic E-state index is 9.30. The predicted molar refractivity (Wildman–Crippen MR) is 244 cm³/mol. The summed E-state index contributed by atoms with van der Waals surface area (Å²) in [6.07, 6.45) is 6.97. The van der Waals surface area contributed by atoms with Gasteiger partial charge in [0.2, 0.25) is 5.75 Å².